The quantitative estimate of drug-likeness (QED) is 0.698. The molecule has 1 aliphatic carbocycles. The first kappa shape index (κ1) is 11.5. The van der Waals surface area contributed by atoms with Crippen LogP contribution in [0.3, 0.4) is 0 Å². The van der Waals surface area contributed by atoms with Crippen LogP contribution in [0.1, 0.15) is 51.9 Å². The lowest BCUT2D eigenvalue weighted by molar-refractivity contribution is -0.138. The Kier molecular flexibility index (Phi) is 2.69. The molecule has 2 aliphatic heterocycles. The van der Waals surface area contributed by atoms with Gasteiger partial charge in [0.2, 0.25) is 5.91 Å². The second-order valence-corrected chi connectivity index (χ2v) is 6.31. The molecule has 1 spiro atoms. The molecule has 3 aliphatic rings. The summed E-state index contributed by atoms with van der Waals surface area (Å²) in [7, 11) is 0. The molecule has 2 N–H and O–H groups in total. The monoisotopic (exact) mass is 236 g/mol. The lowest BCUT2D eigenvalue weighted by Gasteiger charge is -2.51. The molecule has 3 nitrogen and oxygen atoms in total. The molecule has 0 radical (unpaired) electrons. The van der Waals surface area contributed by atoms with E-state index in [0.29, 0.717) is 23.8 Å². The SMILES string of the molecule is C[C@@H]1[C@H](N)CC[C@]23CCCN2C(=O)CCC[C@H]13. The summed E-state index contributed by atoms with van der Waals surface area (Å²) >= 11 is 0. The van der Waals surface area contributed by atoms with Gasteiger partial charge >= 0.3 is 0 Å². The van der Waals surface area contributed by atoms with Crippen molar-refractivity contribution >= 4 is 5.91 Å². The van der Waals surface area contributed by atoms with E-state index < -0.39 is 0 Å². The predicted molar refractivity (Wildman–Crippen MR) is 67.4 cm³/mol. The van der Waals surface area contributed by atoms with E-state index in [-0.39, 0.29) is 5.54 Å². The number of amides is 1. The van der Waals surface area contributed by atoms with E-state index in [0.717, 1.165) is 32.2 Å². The Morgan fingerprint density at radius 3 is 2.94 bits per heavy atom. The number of carbonyl (C=O) groups is 1. The van der Waals surface area contributed by atoms with Gasteiger partial charge in [0.15, 0.2) is 0 Å². The highest BCUT2D eigenvalue weighted by atomic mass is 16.2. The van der Waals surface area contributed by atoms with E-state index >= 15 is 0 Å². The fourth-order valence-electron chi connectivity index (χ4n) is 4.71. The van der Waals surface area contributed by atoms with Crippen molar-refractivity contribution in [1.82, 2.24) is 4.90 Å². The average Bonchev–Trinajstić information content (AvgIpc) is 2.68. The van der Waals surface area contributed by atoms with Gasteiger partial charge < -0.3 is 10.6 Å². The van der Waals surface area contributed by atoms with Crippen molar-refractivity contribution < 1.29 is 4.79 Å². The molecule has 3 rings (SSSR count). The molecule has 2 saturated heterocycles. The third-order valence-corrected chi connectivity index (χ3v) is 5.65. The van der Waals surface area contributed by atoms with E-state index in [1.807, 2.05) is 0 Å². The fourth-order valence-corrected chi connectivity index (χ4v) is 4.71. The Balaban J connectivity index is 1.98. The van der Waals surface area contributed by atoms with Crippen molar-refractivity contribution in [2.45, 2.75) is 63.5 Å². The van der Waals surface area contributed by atoms with E-state index in [2.05, 4.69) is 11.8 Å². The molecule has 4 atom stereocenters. The van der Waals surface area contributed by atoms with Gasteiger partial charge in [-0.15, -0.1) is 0 Å². The Hall–Kier alpha value is -0.570. The third kappa shape index (κ3) is 1.55. The topological polar surface area (TPSA) is 46.3 Å². The van der Waals surface area contributed by atoms with Crippen LogP contribution in [0.25, 0.3) is 0 Å². The summed E-state index contributed by atoms with van der Waals surface area (Å²) in [5, 5.41) is 0. The van der Waals surface area contributed by atoms with Crippen LogP contribution in [0.4, 0.5) is 0 Å². The zero-order valence-corrected chi connectivity index (χ0v) is 10.8. The number of hydrogen-bond donors (Lipinski definition) is 1. The first-order valence-electron chi connectivity index (χ1n) is 7.21. The second kappa shape index (κ2) is 3.98. The molecule has 1 amide bonds. The first-order valence-corrected chi connectivity index (χ1v) is 7.21. The molecule has 96 valence electrons. The second-order valence-electron chi connectivity index (χ2n) is 6.31. The Bertz CT molecular complexity index is 330. The van der Waals surface area contributed by atoms with Crippen molar-refractivity contribution in [3.05, 3.63) is 0 Å². The molecule has 0 aromatic rings. The summed E-state index contributed by atoms with van der Waals surface area (Å²) in [4.78, 5) is 14.5. The van der Waals surface area contributed by atoms with Crippen LogP contribution < -0.4 is 5.73 Å². The third-order valence-electron chi connectivity index (χ3n) is 5.65. The molecule has 0 aromatic heterocycles. The van der Waals surface area contributed by atoms with Crippen LogP contribution in [0.2, 0.25) is 0 Å². The fraction of sp³-hybridized carbons (Fsp3) is 0.929. The predicted octanol–water partition coefficient (Wildman–Crippen LogP) is 1.90. The molecule has 2 heterocycles. The molecule has 1 saturated carbocycles. The van der Waals surface area contributed by atoms with E-state index in [9.17, 15) is 4.79 Å². The summed E-state index contributed by atoms with van der Waals surface area (Å²) in [6.07, 6.45) is 7.71. The maximum absolute atomic E-state index is 12.2. The molecule has 3 fully saturated rings. The molecular formula is C14H24N2O. The van der Waals surface area contributed by atoms with Crippen LogP contribution in [0, 0.1) is 11.8 Å². The molecule has 0 bridgehead atoms. The number of hydrogen-bond acceptors (Lipinski definition) is 2. The van der Waals surface area contributed by atoms with Crippen LogP contribution in [-0.2, 0) is 4.79 Å². The van der Waals surface area contributed by atoms with Gasteiger partial charge in [-0.3, -0.25) is 4.79 Å². The minimum absolute atomic E-state index is 0.197. The Morgan fingerprint density at radius 2 is 2.12 bits per heavy atom. The number of carbonyl (C=O) groups excluding carboxylic acids is 1. The summed E-state index contributed by atoms with van der Waals surface area (Å²) in [5.74, 6) is 1.64. The van der Waals surface area contributed by atoms with Gasteiger partial charge in [0, 0.05) is 24.5 Å². The van der Waals surface area contributed by atoms with Gasteiger partial charge in [0.1, 0.15) is 0 Å². The highest BCUT2D eigenvalue weighted by Crippen LogP contribution is 2.51. The Morgan fingerprint density at radius 1 is 1.29 bits per heavy atom. The van der Waals surface area contributed by atoms with Gasteiger partial charge in [0.25, 0.3) is 0 Å². The highest BCUT2D eigenvalue weighted by Gasteiger charge is 2.54. The summed E-state index contributed by atoms with van der Waals surface area (Å²) in [5.41, 5.74) is 6.44. The summed E-state index contributed by atoms with van der Waals surface area (Å²) < 4.78 is 0. The minimum Gasteiger partial charge on any atom is -0.337 e. The van der Waals surface area contributed by atoms with Gasteiger partial charge in [0.05, 0.1) is 0 Å². The van der Waals surface area contributed by atoms with Gasteiger partial charge in [-0.05, 0) is 50.4 Å². The van der Waals surface area contributed by atoms with Crippen LogP contribution in [0.5, 0.6) is 0 Å². The molecule has 0 aromatic carbocycles. The standard InChI is InChI=1S/C14H24N2O/c1-10-11-4-2-5-13(17)16-9-3-7-14(11,16)8-6-12(10)15/h10-12H,2-9,15H2,1H3/t10-,11+,12+,14-/m0/s1. The van der Waals surface area contributed by atoms with E-state index in [1.165, 1.54) is 19.3 Å². The van der Waals surface area contributed by atoms with Crippen LogP contribution in [-0.4, -0.2) is 28.9 Å². The van der Waals surface area contributed by atoms with Crippen molar-refractivity contribution in [2.24, 2.45) is 17.6 Å². The van der Waals surface area contributed by atoms with Crippen molar-refractivity contribution in [3.8, 4) is 0 Å². The summed E-state index contributed by atoms with van der Waals surface area (Å²) in [6.45, 7) is 3.31. The average molecular weight is 236 g/mol. The van der Waals surface area contributed by atoms with E-state index in [4.69, 9.17) is 5.73 Å². The molecule has 0 unspecified atom stereocenters. The molecule has 3 heteroatoms. The molecular weight excluding hydrogens is 212 g/mol. The van der Waals surface area contributed by atoms with Crippen LogP contribution >= 0.6 is 0 Å². The largest absolute Gasteiger partial charge is 0.337 e. The number of nitrogens with zero attached hydrogens (tertiary/aromatic N) is 1. The van der Waals surface area contributed by atoms with Gasteiger partial charge in [-0.25, -0.2) is 0 Å². The van der Waals surface area contributed by atoms with Gasteiger partial charge in [-0.1, -0.05) is 6.92 Å². The highest BCUT2D eigenvalue weighted by molar-refractivity contribution is 5.78. The summed E-state index contributed by atoms with van der Waals surface area (Å²) in [6, 6.07) is 0.348. The van der Waals surface area contributed by atoms with Gasteiger partial charge in [-0.2, -0.15) is 0 Å². The maximum Gasteiger partial charge on any atom is 0.223 e. The number of nitrogens with two attached hydrogens (primary N) is 1. The lowest BCUT2D eigenvalue weighted by atomic mass is 9.63. The first-order chi connectivity index (χ1) is 8.15. The van der Waals surface area contributed by atoms with E-state index in [1.54, 1.807) is 0 Å². The molecule has 17 heavy (non-hydrogen) atoms. The van der Waals surface area contributed by atoms with Crippen molar-refractivity contribution in [2.75, 3.05) is 6.54 Å². The van der Waals surface area contributed by atoms with Crippen molar-refractivity contribution in [3.63, 3.8) is 0 Å². The minimum atomic E-state index is 0.197. The van der Waals surface area contributed by atoms with Crippen molar-refractivity contribution in [1.29, 1.82) is 0 Å². The lowest BCUT2D eigenvalue weighted by Crippen LogP contribution is -2.58. The smallest absolute Gasteiger partial charge is 0.223 e. The normalized spacial score (nSPS) is 46.4. The maximum atomic E-state index is 12.2. The Labute approximate surface area is 104 Å². The number of rotatable bonds is 0. The zero-order valence-electron chi connectivity index (χ0n) is 10.8. The zero-order chi connectivity index (χ0) is 12.0. The van der Waals surface area contributed by atoms with Crippen LogP contribution in [0.15, 0.2) is 0 Å².